The van der Waals surface area contributed by atoms with Crippen molar-refractivity contribution in [2.24, 2.45) is 5.73 Å². The largest absolute Gasteiger partial charge is 0.353 e. The van der Waals surface area contributed by atoms with Gasteiger partial charge in [-0.1, -0.05) is 0 Å². The number of carbonyl (C=O) groups is 1. The summed E-state index contributed by atoms with van der Waals surface area (Å²) in [4.78, 5) is 12.3. The normalized spacial score (nSPS) is 33.3. The number of piperidine rings is 1. The fourth-order valence-electron chi connectivity index (χ4n) is 1.40. The Hall–Kier alpha value is -0.610. The van der Waals surface area contributed by atoms with Gasteiger partial charge < -0.3 is 16.0 Å². The van der Waals surface area contributed by atoms with E-state index < -0.39 is 0 Å². The molecule has 0 aromatic rings. The fraction of sp³-hybridized carbons (Fsp3) is 0.857. The third-order valence-corrected chi connectivity index (χ3v) is 2.15. The molecule has 0 aliphatic carbocycles. The van der Waals surface area contributed by atoms with Gasteiger partial charge in [0, 0.05) is 12.6 Å². The zero-order valence-corrected chi connectivity index (χ0v) is 6.79. The van der Waals surface area contributed by atoms with Gasteiger partial charge in [-0.05, 0) is 20.0 Å². The van der Waals surface area contributed by atoms with Crippen molar-refractivity contribution in [3.05, 3.63) is 0 Å². The molecule has 4 nitrogen and oxygen atoms in total. The molecule has 1 fully saturated rings. The minimum atomic E-state index is 0.122. The Kier molecular flexibility index (Phi) is 2.84. The number of hydrogen-bond acceptors (Lipinski definition) is 3. The molecule has 0 saturated carbocycles. The summed E-state index contributed by atoms with van der Waals surface area (Å²) in [7, 11) is 2.03. The van der Waals surface area contributed by atoms with Gasteiger partial charge in [0.2, 0.25) is 6.41 Å². The average molecular weight is 157 g/mol. The first-order valence-electron chi connectivity index (χ1n) is 3.88. The van der Waals surface area contributed by atoms with Gasteiger partial charge in [0.15, 0.2) is 0 Å². The molecule has 1 aliphatic rings. The second-order valence-corrected chi connectivity index (χ2v) is 3.11. The lowest BCUT2D eigenvalue weighted by molar-refractivity contribution is -0.110. The number of rotatable bonds is 2. The molecule has 1 amide bonds. The Labute approximate surface area is 66.7 Å². The lowest BCUT2D eigenvalue weighted by Gasteiger charge is -2.34. The van der Waals surface area contributed by atoms with Crippen LogP contribution in [-0.2, 0) is 4.79 Å². The van der Waals surface area contributed by atoms with Crippen LogP contribution in [0.3, 0.4) is 0 Å². The van der Waals surface area contributed by atoms with E-state index in [9.17, 15) is 4.79 Å². The minimum absolute atomic E-state index is 0.122. The monoisotopic (exact) mass is 157 g/mol. The summed E-state index contributed by atoms with van der Waals surface area (Å²) in [6.45, 7) is 1.89. The third kappa shape index (κ3) is 2.17. The highest BCUT2D eigenvalue weighted by Crippen LogP contribution is 2.06. The number of nitrogens with one attached hydrogen (secondary N) is 1. The first-order valence-corrected chi connectivity index (χ1v) is 3.88. The highest BCUT2D eigenvalue weighted by molar-refractivity contribution is 5.47. The fourth-order valence-corrected chi connectivity index (χ4v) is 1.40. The summed E-state index contributed by atoms with van der Waals surface area (Å²) in [6.07, 6.45) is 1.69. The van der Waals surface area contributed by atoms with Crippen molar-refractivity contribution in [2.75, 3.05) is 20.1 Å². The van der Waals surface area contributed by atoms with Gasteiger partial charge >= 0.3 is 0 Å². The first kappa shape index (κ1) is 8.49. The molecule has 0 spiro atoms. The number of carbonyl (C=O) groups excluding carboxylic acids is 1. The highest BCUT2D eigenvalue weighted by atomic mass is 16.1. The van der Waals surface area contributed by atoms with Crippen LogP contribution in [0.2, 0.25) is 0 Å². The van der Waals surface area contributed by atoms with Gasteiger partial charge in [0.1, 0.15) is 0 Å². The lowest BCUT2D eigenvalue weighted by Crippen LogP contribution is -2.55. The second-order valence-electron chi connectivity index (χ2n) is 3.11. The van der Waals surface area contributed by atoms with Crippen LogP contribution in [0, 0.1) is 0 Å². The number of amides is 1. The lowest BCUT2D eigenvalue weighted by atomic mass is 10.0. The Bertz CT molecular complexity index is 140. The topological polar surface area (TPSA) is 58.4 Å². The molecular weight excluding hydrogens is 142 g/mol. The Morgan fingerprint density at radius 2 is 2.45 bits per heavy atom. The van der Waals surface area contributed by atoms with Crippen molar-refractivity contribution < 1.29 is 4.79 Å². The second kappa shape index (κ2) is 3.69. The molecule has 1 saturated heterocycles. The Morgan fingerprint density at radius 3 is 3.09 bits per heavy atom. The summed E-state index contributed by atoms with van der Waals surface area (Å²) >= 11 is 0. The van der Waals surface area contributed by atoms with E-state index in [4.69, 9.17) is 5.73 Å². The highest BCUT2D eigenvalue weighted by Gasteiger charge is 2.23. The molecule has 0 bridgehead atoms. The van der Waals surface area contributed by atoms with E-state index in [1.807, 2.05) is 7.05 Å². The quantitative estimate of drug-likeness (QED) is 0.493. The molecule has 0 radical (unpaired) electrons. The molecular formula is C7H15N3O. The molecule has 3 N–H and O–H groups in total. The molecule has 1 aliphatic heterocycles. The third-order valence-electron chi connectivity index (χ3n) is 2.15. The van der Waals surface area contributed by atoms with Crippen LogP contribution in [0.5, 0.6) is 0 Å². The van der Waals surface area contributed by atoms with Gasteiger partial charge in [-0.15, -0.1) is 0 Å². The van der Waals surface area contributed by atoms with E-state index in [-0.39, 0.29) is 12.1 Å². The minimum Gasteiger partial charge on any atom is -0.353 e. The van der Waals surface area contributed by atoms with Gasteiger partial charge in [-0.2, -0.15) is 0 Å². The van der Waals surface area contributed by atoms with Crippen LogP contribution < -0.4 is 11.1 Å². The summed E-state index contributed by atoms with van der Waals surface area (Å²) in [5, 5.41) is 2.72. The van der Waals surface area contributed by atoms with Gasteiger partial charge in [-0.25, -0.2) is 0 Å². The molecule has 64 valence electrons. The van der Waals surface area contributed by atoms with Crippen molar-refractivity contribution in [1.29, 1.82) is 0 Å². The van der Waals surface area contributed by atoms with E-state index in [2.05, 4.69) is 10.2 Å². The number of nitrogens with two attached hydrogens (primary N) is 1. The van der Waals surface area contributed by atoms with Crippen molar-refractivity contribution >= 4 is 6.41 Å². The van der Waals surface area contributed by atoms with E-state index in [0.29, 0.717) is 0 Å². The summed E-state index contributed by atoms with van der Waals surface area (Å²) in [6, 6.07) is 0.252. The number of likely N-dealkylation sites (tertiary alicyclic amines) is 1. The van der Waals surface area contributed by atoms with Crippen LogP contribution in [0.25, 0.3) is 0 Å². The molecule has 11 heavy (non-hydrogen) atoms. The van der Waals surface area contributed by atoms with Gasteiger partial charge in [0.25, 0.3) is 0 Å². The van der Waals surface area contributed by atoms with Crippen molar-refractivity contribution in [3.8, 4) is 0 Å². The van der Waals surface area contributed by atoms with E-state index in [1.54, 1.807) is 0 Å². The SMILES string of the molecule is CN1CCC(N)C(NC=O)C1. The molecule has 0 aromatic carbocycles. The predicted octanol–water partition coefficient (Wildman–Crippen LogP) is -1.24. The van der Waals surface area contributed by atoms with Crippen molar-refractivity contribution in [3.63, 3.8) is 0 Å². The van der Waals surface area contributed by atoms with E-state index in [1.165, 1.54) is 0 Å². The maximum absolute atomic E-state index is 10.1. The molecule has 2 unspecified atom stereocenters. The van der Waals surface area contributed by atoms with Crippen molar-refractivity contribution in [1.82, 2.24) is 10.2 Å². The number of nitrogens with zero attached hydrogens (tertiary/aromatic N) is 1. The zero-order chi connectivity index (χ0) is 8.27. The van der Waals surface area contributed by atoms with E-state index in [0.717, 1.165) is 25.9 Å². The molecule has 1 heterocycles. The molecule has 4 heteroatoms. The molecule has 0 aromatic heterocycles. The van der Waals surface area contributed by atoms with Crippen LogP contribution in [0.15, 0.2) is 0 Å². The molecule has 1 rings (SSSR count). The standard InChI is InChI=1S/C7H15N3O/c1-10-3-2-6(8)7(4-10)9-5-11/h5-7H,2-4,8H2,1H3,(H,9,11). The van der Waals surface area contributed by atoms with Crippen LogP contribution in [-0.4, -0.2) is 43.5 Å². The summed E-state index contributed by atoms with van der Waals surface area (Å²) < 4.78 is 0. The van der Waals surface area contributed by atoms with Gasteiger partial charge in [0.05, 0.1) is 6.04 Å². The van der Waals surface area contributed by atoms with Crippen LogP contribution >= 0.6 is 0 Å². The van der Waals surface area contributed by atoms with Crippen LogP contribution in [0.4, 0.5) is 0 Å². The summed E-state index contributed by atoms with van der Waals surface area (Å²) in [5.41, 5.74) is 5.78. The smallest absolute Gasteiger partial charge is 0.207 e. The maximum atomic E-state index is 10.1. The number of hydrogen-bond donors (Lipinski definition) is 2. The number of likely N-dealkylation sites (N-methyl/N-ethyl adjacent to an activating group) is 1. The van der Waals surface area contributed by atoms with Gasteiger partial charge in [-0.3, -0.25) is 4.79 Å². The zero-order valence-electron chi connectivity index (χ0n) is 6.79. The van der Waals surface area contributed by atoms with E-state index >= 15 is 0 Å². The predicted molar refractivity (Wildman–Crippen MR) is 43.1 cm³/mol. The van der Waals surface area contributed by atoms with Crippen molar-refractivity contribution in [2.45, 2.75) is 18.5 Å². The Morgan fingerprint density at radius 1 is 1.73 bits per heavy atom. The Balaban J connectivity index is 2.40. The maximum Gasteiger partial charge on any atom is 0.207 e. The molecule has 2 atom stereocenters. The first-order chi connectivity index (χ1) is 5.24. The average Bonchev–Trinajstić information content (AvgIpc) is 1.98. The van der Waals surface area contributed by atoms with Crippen LogP contribution in [0.1, 0.15) is 6.42 Å². The summed E-state index contributed by atoms with van der Waals surface area (Å²) in [5.74, 6) is 0.